The van der Waals surface area contributed by atoms with Gasteiger partial charge in [0.05, 0.1) is 11.5 Å². The maximum Gasteiger partial charge on any atom is 0.234 e. The van der Waals surface area contributed by atoms with Crippen LogP contribution in [0.1, 0.15) is 22.3 Å². The van der Waals surface area contributed by atoms with Crippen LogP contribution in [0.5, 0.6) is 0 Å². The fraction of sp³-hybridized carbons (Fsp3) is 0.300. The highest BCUT2D eigenvalue weighted by Crippen LogP contribution is 2.19. The van der Waals surface area contributed by atoms with E-state index in [1.807, 2.05) is 64.1 Å². The molecule has 2 rings (SSSR count). The van der Waals surface area contributed by atoms with Gasteiger partial charge in [-0.25, -0.2) is 0 Å². The fourth-order valence-corrected chi connectivity index (χ4v) is 3.00. The Balaban J connectivity index is 1.80. The summed E-state index contributed by atoms with van der Waals surface area (Å²) in [6.45, 7) is 7.99. The molecule has 0 bridgehead atoms. The molecule has 0 aliphatic rings. The van der Waals surface area contributed by atoms with E-state index in [9.17, 15) is 9.59 Å². The molecule has 25 heavy (non-hydrogen) atoms. The summed E-state index contributed by atoms with van der Waals surface area (Å²) in [5, 5.41) is 5.80. The second-order valence-electron chi connectivity index (χ2n) is 6.08. The van der Waals surface area contributed by atoms with Gasteiger partial charge in [-0.15, -0.1) is 11.8 Å². The highest BCUT2D eigenvalue weighted by molar-refractivity contribution is 8.00. The minimum Gasteiger partial charge on any atom is -0.325 e. The van der Waals surface area contributed by atoms with Crippen molar-refractivity contribution in [3.05, 3.63) is 58.7 Å². The lowest BCUT2D eigenvalue weighted by atomic mass is 10.1. The van der Waals surface area contributed by atoms with Crippen molar-refractivity contribution in [1.29, 1.82) is 0 Å². The minimum absolute atomic E-state index is 0.0989. The van der Waals surface area contributed by atoms with E-state index in [-0.39, 0.29) is 23.3 Å². The van der Waals surface area contributed by atoms with Gasteiger partial charge in [0.25, 0.3) is 0 Å². The van der Waals surface area contributed by atoms with Crippen LogP contribution >= 0.6 is 11.8 Å². The molecule has 132 valence electrons. The van der Waals surface area contributed by atoms with Gasteiger partial charge in [-0.3, -0.25) is 9.59 Å². The summed E-state index contributed by atoms with van der Waals surface area (Å²) >= 11 is 1.30. The van der Waals surface area contributed by atoms with Crippen LogP contribution in [0.2, 0.25) is 0 Å². The van der Waals surface area contributed by atoms with Gasteiger partial charge >= 0.3 is 0 Å². The molecule has 2 aromatic carbocycles. The van der Waals surface area contributed by atoms with Crippen LogP contribution in [-0.4, -0.2) is 23.3 Å². The van der Waals surface area contributed by atoms with Crippen molar-refractivity contribution in [3.8, 4) is 0 Å². The third-order valence-corrected chi connectivity index (χ3v) is 5.16. The van der Waals surface area contributed by atoms with Crippen LogP contribution in [0.3, 0.4) is 0 Å². The molecule has 0 spiro atoms. The Hall–Kier alpha value is -2.27. The Labute approximate surface area is 153 Å². The zero-order valence-corrected chi connectivity index (χ0v) is 15.9. The van der Waals surface area contributed by atoms with Crippen LogP contribution in [0, 0.1) is 27.7 Å². The second kappa shape index (κ2) is 8.72. The van der Waals surface area contributed by atoms with E-state index in [0.717, 1.165) is 33.6 Å². The molecule has 0 aliphatic carbocycles. The monoisotopic (exact) mass is 356 g/mol. The van der Waals surface area contributed by atoms with Gasteiger partial charge in [-0.2, -0.15) is 0 Å². The molecule has 0 heterocycles. The zero-order chi connectivity index (χ0) is 18.4. The van der Waals surface area contributed by atoms with Crippen LogP contribution < -0.4 is 10.6 Å². The Bertz CT molecular complexity index is 722. The summed E-state index contributed by atoms with van der Waals surface area (Å²) in [5.41, 5.74) is 6.05. The van der Waals surface area contributed by atoms with Gasteiger partial charge < -0.3 is 10.6 Å². The lowest BCUT2D eigenvalue weighted by Gasteiger charge is -2.11. The first kappa shape index (κ1) is 19.1. The smallest absolute Gasteiger partial charge is 0.234 e. The van der Waals surface area contributed by atoms with E-state index < -0.39 is 0 Å². The van der Waals surface area contributed by atoms with Crippen molar-refractivity contribution >= 4 is 35.0 Å². The quantitative estimate of drug-likeness (QED) is 0.814. The van der Waals surface area contributed by atoms with Crippen molar-refractivity contribution < 1.29 is 9.59 Å². The number of carbonyl (C=O) groups excluding carboxylic acids is 2. The molecule has 0 atom stereocenters. The predicted octanol–water partition coefficient (Wildman–Crippen LogP) is 4.23. The number of rotatable bonds is 6. The SMILES string of the molecule is Cc1cccc(NC(=O)CSCC(=O)Nc2cccc(C)c2C)c1C. The molecule has 5 heteroatoms. The van der Waals surface area contributed by atoms with Crippen LogP contribution in [-0.2, 0) is 9.59 Å². The molecule has 2 N–H and O–H groups in total. The molecule has 0 unspecified atom stereocenters. The molecule has 0 fully saturated rings. The summed E-state index contributed by atoms with van der Waals surface area (Å²) in [5.74, 6) is 0.290. The molecular formula is C20H24N2O2S. The number of nitrogens with one attached hydrogen (secondary N) is 2. The fourth-order valence-electron chi connectivity index (χ4n) is 2.38. The summed E-state index contributed by atoms with van der Waals surface area (Å²) in [7, 11) is 0. The van der Waals surface area contributed by atoms with Crippen LogP contribution in [0.4, 0.5) is 11.4 Å². The Morgan fingerprint density at radius 1 is 0.760 bits per heavy atom. The van der Waals surface area contributed by atoms with Crippen LogP contribution in [0.15, 0.2) is 36.4 Å². The third-order valence-electron chi connectivity index (χ3n) is 4.22. The summed E-state index contributed by atoms with van der Waals surface area (Å²) < 4.78 is 0. The molecule has 2 amide bonds. The molecule has 4 nitrogen and oxygen atoms in total. The van der Waals surface area contributed by atoms with Gasteiger partial charge in [0.1, 0.15) is 0 Å². The van der Waals surface area contributed by atoms with Gasteiger partial charge in [0, 0.05) is 11.4 Å². The van der Waals surface area contributed by atoms with Crippen LogP contribution in [0.25, 0.3) is 0 Å². The summed E-state index contributed by atoms with van der Waals surface area (Å²) in [4.78, 5) is 24.1. The first-order chi connectivity index (χ1) is 11.9. The minimum atomic E-state index is -0.0989. The largest absolute Gasteiger partial charge is 0.325 e. The number of benzene rings is 2. The lowest BCUT2D eigenvalue weighted by Crippen LogP contribution is -2.19. The Morgan fingerprint density at radius 2 is 1.16 bits per heavy atom. The average molecular weight is 356 g/mol. The first-order valence-corrected chi connectivity index (χ1v) is 9.34. The third kappa shape index (κ3) is 5.36. The van der Waals surface area contributed by atoms with Crippen molar-refractivity contribution in [2.24, 2.45) is 0 Å². The van der Waals surface area contributed by atoms with E-state index in [4.69, 9.17) is 0 Å². The molecular weight excluding hydrogens is 332 g/mol. The normalized spacial score (nSPS) is 10.4. The maximum atomic E-state index is 12.1. The van der Waals surface area contributed by atoms with Crippen molar-refractivity contribution in [1.82, 2.24) is 0 Å². The summed E-state index contributed by atoms with van der Waals surface area (Å²) in [6, 6.07) is 11.6. The standard InChI is InChI=1S/C20H24N2O2S/c1-13-7-5-9-17(15(13)3)21-19(23)11-25-12-20(24)22-18-10-6-8-14(2)16(18)4/h5-10H,11-12H2,1-4H3,(H,21,23)(H,22,24). The Kier molecular flexibility index (Phi) is 6.65. The number of hydrogen-bond acceptors (Lipinski definition) is 3. The highest BCUT2D eigenvalue weighted by atomic mass is 32.2. The number of carbonyl (C=O) groups is 2. The van der Waals surface area contributed by atoms with Gasteiger partial charge in [0.2, 0.25) is 11.8 Å². The van der Waals surface area contributed by atoms with Crippen molar-refractivity contribution in [2.75, 3.05) is 22.1 Å². The zero-order valence-electron chi connectivity index (χ0n) is 15.1. The first-order valence-electron chi connectivity index (χ1n) is 8.18. The number of amides is 2. The maximum absolute atomic E-state index is 12.1. The topological polar surface area (TPSA) is 58.2 Å². The van der Waals surface area contributed by atoms with E-state index >= 15 is 0 Å². The molecule has 0 saturated carbocycles. The highest BCUT2D eigenvalue weighted by Gasteiger charge is 2.09. The van der Waals surface area contributed by atoms with Gasteiger partial charge in [-0.1, -0.05) is 24.3 Å². The molecule has 0 aliphatic heterocycles. The van der Waals surface area contributed by atoms with Crippen molar-refractivity contribution in [2.45, 2.75) is 27.7 Å². The number of thioether (sulfide) groups is 1. The molecule has 0 saturated heterocycles. The predicted molar refractivity (Wildman–Crippen MR) is 106 cm³/mol. The molecule has 2 aromatic rings. The van der Waals surface area contributed by atoms with E-state index in [1.54, 1.807) is 0 Å². The molecule has 0 aromatic heterocycles. The number of anilines is 2. The lowest BCUT2D eigenvalue weighted by molar-refractivity contribution is -0.114. The number of aryl methyl sites for hydroxylation is 2. The van der Waals surface area contributed by atoms with Gasteiger partial charge in [0.15, 0.2) is 0 Å². The van der Waals surface area contributed by atoms with Gasteiger partial charge in [-0.05, 0) is 62.1 Å². The Morgan fingerprint density at radius 3 is 1.56 bits per heavy atom. The molecule has 0 radical (unpaired) electrons. The average Bonchev–Trinajstić information content (AvgIpc) is 2.56. The second-order valence-corrected chi connectivity index (χ2v) is 7.07. The van der Waals surface area contributed by atoms with E-state index in [1.165, 1.54) is 11.8 Å². The van der Waals surface area contributed by atoms with Crippen molar-refractivity contribution in [3.63, 3.8) is 0 Å². The van der Waals surface area contributed by atoms with E-state index in [0.29, 0.717) is 0 Å². The number of hydrogen-bond donors (Lipinski definition) is 2. The van der Waals surface area contributed by atoms with E-state index in [2.05, 4.69) is 10.6 Å². The summed E-state index contributed by atoms with van der Waals surface area (Å²) in [6.07, 6.45) is 0.